The van der Waals surface area contributed by atoms with Crippen LogP contribution in [0.3, 0.4) is 0 Å². The molecule has 28 heavy (non-hydrogen) atoms. The van der Waals surface area contributed by atoms with Crippen LogP contribution in [0.5, 0.6) is 0 Å². The van der Waals surface area contributed by atoms with Gasteiger partial charge in [0, 0.05) is 11.9 Å². The summed E-state index contributed by atoms with van der Waals surface area (Å²) in [5.74, 6) is -0.479. The Morgan fingerprint density at radius 2 is 1.96 bits per heavy atom. The van der Waals surface area contributed by atoms with Gasteiger partial charge in [0.05, 0.1) is 17.3 Å². The van der Waals surface area contributed by atoms with Crippen LogP contribution in [0.25, 0.3) is 17.0 Å². The van der Waals surface area contributed by atoms with Gasteiger partial charge in [-0.15, -0.1) is 0 Å². The van der Waals surface area contributed by atoms with Gasteiger partial charge in [-0.05, 0) is 49.2 Å². The molecule has 1 aromatic heterocycles. The molecule has 1 aliphatic heterocycles. The fourth-order valence-corrected chi connectivity index (χ4v) is 4.80. The molecule has 2 heterocycles. The Balaban J connectivity index is 1.64. The Bertz CT molecular complexity index is 1100. The highest BCUT2D eigenvalue weighted by molar-refractivity contribution is 7.91. The number of sulfone groups is 1. The summed E-state index contributed by atoms with van der Waals surface area (Å²) in [6.07, 6.45) is 5.28. The van der Waals surface area contributed by atoms with E-state index in [0.29, 0.717) is 5.39 Å². The first-order chi connectivity index (χ1) is 13.5. The number of para-hydroxylation sites is 1. The van der Waals surface area contributed by atoms with Gasteiger partial charge in [0.25, 0.3) is 0 Å². The van der Waals surface area contributed by atoms with Gasteiger partial charge in [0.2, 0.25) is 9.84 Å². The van der Waals surface area contributed by atoms with E-state index in [-0.39, 0.29) is 22.6 Å². The van der Waals surface area contributed by atoms with E-state index in [9.17, 15) is 12.8 Å². The van der Waals surface area contributed by atoms with E-state index in [1.54, 1.807) is 24.3 Å². The molecule has 0 saturated carbocycles. The van der Waals surface area contributed by atoms with Gasteiger partial charge in [-0.2, -0.15) is 5.10 Å². The fourth-order valence-electron chi connectivity index (χ4n) is 3.57. The summed E-state index contributed by atoms with van der Waals surface area (Å²) >= 11 is 0. The van der Waals surface area contributed by atoms with Gasteiger partial charge in [0.1, 0.15) is 5.82 Å². The van der Waals surface area contributed by atoms with Crippen LogP contribution in [0.4, 0.5) is 4.39 Å². The van der Waals surface area contributed by atoms with E-state index in [4.69, 9.17) is 0 Å². The smallest absolute Gasteiger partial charge is 0.201 e. The lowest BCUT2D eigenvalue weighted by molar-refractivity contribution is 0.351. The van der Waals surface area contributed by atoms with Crippen molar-refractivity contribution in [3.63, 3.8) is 0 Å². The number of hydrogen-bond donors (Lipinski definition) is 1. The molecule has 0 aliphatic carbocycles. The van der Waals surface area contributed by atoms with Gasteiger partial charge in [-0.1, -0.05) is 36.4 Å². The third-order valence-electron chi connectivity index (χ3n) is 4.99. The summed E-state index contributed by atoms with van der Waals surface area (Å²) in [4.78, 5) is 0. The predicted molar refractivity (Wildman–Crippen MR) is 108 cm³/mol. The Morgan fingerprint density at radius 1 is 1.18 bits per heavy atom. The van der Waals surface area contributed by atoms with Crippen molar-refractivity contribution in [1.82, 2.24) is 15.1 Å². The van der Waals surface area contributed by atoms with Crippen LogP contribution in [0.1, 0.15) is 24.4 Å². The molecule has 0 spiro atoms. The molecule has 2 aromatic carbocycles. The molecule has 1 aliphatic rings. The maximum absolute atomic E-state index is 13.0. The molecule has 1 fully saturated rings. The molecular weight excluding hydrogens is 377 g/mol. The maximum Gasteiger partial charge on any atom is 0.201 e. The first-order valence-corrected chi connectivity index (χ1v) is 11.0. The highest BCUT2D eigenvalue weighted by atomic mass is 32.2. The average Bonchev–Trinajstić information content (AvgIpc) is 3.11. The van der Waals surface area contributed by atoms with Crippen LogP contribution >= 0.6 is 0 Å². The van der Waals surface area contributed by atoms with Crippen molar-refractivity contribution >= 4 is 26.8 Å². The lowest BCUT2D eigenvalue weighted by Crippen LogP contribution is -2.32. The van der Waals surface area contributed by atoms with E-state index in [0.717, 1.165) is 37.0 Å². The molecule has 1 saturated heterocycles. The first kappa shape index (κ1) is 18.8. The molecule has 0 bridgehead atoms. The maximum atomic E-state index is 13.0. The molecular formula is C21H22FN3O2S. The van der Waals surface area contributed by atoms with Gasteiger partial charge >= 0.3 is 0 Å². The summed E-state index contributed by atoms with van der Waals surface area (Å²) in [6, 6.07) is 13.5. The summed E-state index contributed by atoms with van der Waals surface area (Å²) in [5.41, 5.74) is 1.59. The van der Waals surface area contributed by atoms with E-state index >= 15 is 0 Å². The summed E-state index contributed by atoms with van der Waals surface area (Å²) in [7, 11) is -3.60. The molecule has 4 rings (SSSR count). The Hall–Kier alpha value is -2.51. The normalized spacial score (nSPS) is 18.1. The molecule has 0 amide bonds. The van der Waals surface area contributed by atoms with Crippen molar-refractivity contribution in [3.05, 3.63) is 66.0 Å². The summed E-state index contributed by atoms with van der Waals surface area (Å²) in [6.45, 7) is 1.77. The van der Waals surface area contributed by atoms with E-state index in [2.05, 4.69) is 10.4 Å². The van der Waals surface area contributed by atoms with Crippen molar-refractivity contribution in [2.75, 3.05) is 18.8 Å². The minimum atomic E-state index is -3.60. The van der Waals surface area contributed by atoms with Gasteiger partial charge < -0.3 is 5.32 Å². The van der Waals surface area contributed by atoms with Gasteiger partial charge in [0.15, 0.2) is 5.03 Å². The number of aromatic nitrogens is 2. The Kier molecular flexibility index (Phi) is 5.28. The largest absolute Gasteiger partial charge is 0.315 e. The molecule has 146 valence electrons. The topological polar surface area (TPSA) is 64.0 Å². The van der Waals surface area contributed by atoms with E-state index < -0.39 is 9.84 Å². The monoisotopic (exact) mass is 399 g/mol. The zero-order chi connectivity index (χ0) is 19.6. The molecule has 1 N–H and O–H groups in total. The second-order valence-corrected chi connectivity index (χ2v) is 8.95. The van der Waals surface area contributed by atoms with Crippen LogP contribution < -0.4 is 5.32 Å². The molecule has 5 nitrogen and oxygen atoms in total. The lowest BCUT2D eigenvalue weighted by Gasteiger charge is -2.23. The Labute approximate surface area is 163 Å². The van der Waals surface area contributed by atoms with Crippen LogP contribution in [0.2, 0.25) is 0 Å². The first-order valence-electron chi connectivity index (χ1n) is 9.37. The number of benzene rings is 2. The van der Waals surface area contributed by atoms with Crippen molar-refractivity contribution < 1.29 is 12.8 Å². The SMILES string of the molecule is O=S(=O)(CC=Cc1ccc(F)cc1)c1nn(C2CCCNC2)c2ccccc12. The molecule has 1 atom stereocenters. The minimum Gasteiger partial charge on any atom is -0.315 e. The quantitative estimate of drug-likeness (QED) is 0.712. The number of nitrogens with zero attached hydrogens (tertiary/aromatic N) is 2. The highest BCUT2D eigenvalue weighted by Crippen LogP contribution is 2.28. The molecule has 1 unspecified atom stereocenters. The second kappa shape index (κ2) is 7.85. The van der Waals surface area contributed by atoms with Crippen molar-refractivity contribution in [2.24, 2.45) is 0 Å². The third-order valence-corrected chi connectivity index (χ3v) is 6.51. The number of rotatable bonds is 5. The zero-order valence-electron chi connectivity index (χ0n) is 15.4. The number of halogens is 1. The number of hydrogen-bond acceptors (Lipinski definition) is 4. The third kappa shape index (κ3) is 3.86. The lowest BCUT2D eigenvalue weighted by atomic mass is 10.1. The van der Waals surface area contributed by atoms with Crippen LogP contribution in [-0.2, 0) is 9.84 Å². The summed E-state index contributed by atoms with van der Waals surface area (Å²) in [5, 5.41) is 8.66. The van der Waals surface area contributed by atoms with Crippen LogP contribution in [0.15, 0.2) is 59.6 Å². The molecule has 3 aromatic rings. The zero-order valence-corrected chi connectivity index (χ0v) is 16.2. The Morgan fingerprint density at radius 3 is 2.71 bits per heavy atom. The number of piperidine rings is 1. The minimum absolute atomic E-state index is 0.123. The van der Waals surface area contributed by atoms with E-state index in [1.807, 2.05) is 28.9 Å². The van der Waals surface area contributed by atoms with Crippen molar-refractivity contribution in [3.8, 4) is 0 Å². The van der Waals surface area contributed by atoms with Crippen LogP contribution in [-0.4, -0.2) is 37.0 Å². The molecule has 7 heteroatoms. The second-order valence-electron chi connectivity index (χ2n) is 7.00. The van der Waals surface area contributed by atoms with E-state index in [1.165, 1.54) is 12.1 Å². The fraction of sp³-hybridized carbons (Fsp3) is 0.286. The standard InChI is InChI=1S/C21H22FN3O2S/c22-17-11-9-16(10-12-17)5-4-14-28(26,27)21-19-7-1-2-8-20(19)25(24-21)18-6-3-13-23-15-18/h1-2,4-5,7-12,18,23H,3,6,13-15H2. The molecule has 0 radical (unpaired) electrons. The summed E-state index contributed by atoms with van der Waals surface area (Å²) < 4.78 is 40.8. The highest BCUT2D eigenvalue weighted by Gasteiger charge is 2.25. The number of fused-ring (bicyclic) bond motifs is 1. The van der Waals surface area contributed by atoms with Crippen LogP contribution in [0, 0.1) is 5.82 Å². The van der Waals surface area contributed by atoms with Crippen molar-refractivity contribution in [1.29, 1.82) is 0 Å². The van der Waals surface area contributed by atoms with Gasteiger partial charge in [-0.3, -0.25) is 4.68 Å². The van der Waals surface area contributed by atoms with Gasteiger partial charge in [-0.25, -0.2) is 12.8 Å². The predicted octanol–water partition coefficient (Wildman–Crippen LogP) is 3.59. The average molecular weight is 399 g/mol. The van der Waals surface area contributed by atoms with Crippen molar-refractivity contribution in [2.45, 2.75) is 23.9 Å². The number of nitrogens with one attached hydrogen (secondary N) is 1.